The Labute approximate surface area is 344 Å². The normalized spacial score (nSPS) is 15.4. The molecule has 1 rings (SSSR count). The summed E-state index contributed by atoms with van der Waals surface area (Å²) < 4.78 is 0. The summed E-state index contributed by atoms with van der Waals surface area (Å²) in [6, 6.07) is 0. The highest BCUT2D eigenvalue weighted by molar-refractivity contribution is 5.92. The number of nitrogens with one attached hydrogen (secondary N) is 1. The number of carbonyl (C=O) groups is 10. The van der Waals surface area contributed by atoms with Crippen LogP contribution in [0, 0.1) is 0 Å². The zero-order valence-corrected chi connectivity index (χ0v) is 35.0. The number of rotatable bonds is 23. The first-order valence-electron chi connectivity index (χ1n) is 19.1. The first-order chi connectivity index (χ1) is 27.7. The third-order valence-electron chi connectivity index (χ3n) is 9.59. The monoisotopic (exact) mass is 842 g/mol. The molecule has 59 heavy (non-hydrogen) atoms. The number of ketones is 1. The molecule has 0 bridgehead atoms. The van der Waals surface area contributed by atoms with E-state index in [1.807, 2.05) is 0 Å². The van der Waals surface area contributed by atoms with Gasteiger partial charge in [0.2, 0.25) is 29.5 Å². The summed E-state index contributed by atoms with van der Waals surface area (Å²) in [5.74, 6) is -5.98. The Kier molecular flexibility index (Phi) is 23.6. The molecule has 1 heterocycles. The molecule has 23 nitrogen and oxygen atoms in total. The quantitative estimate of drug-likeness (QED) is 0.0703. The van der Waals surface area contributed by atoms with E-state index in [2.05, 4.69) is 5.32 Å². The van der Waals surface area contributed by atoms with E-state index in [0.717, 1.165) is 19.6 Å². The Hall–Kier alpha value is -5.10. The molecule has 4 N–H and O–H groups in total. The van der Waals surface area contributed by atoms with Gasteiger partial charge in [0, 0.05) is 107 Å². The number of carbonyl (C=O) groups excluding carboxylic acids is 7. The second-order valence-electron chi connectivity index (χ2n) is 14.5. The molecule has 5 amide bonds. The van der Waals surface area contributed by atoms with E-state index in [0.29, 0.717) is 6.29 Å². The molecule has 23 heteroatoms. The number of hydrogen-bond donors (Lipinski definition) is 4. The van der Waals surface area contributed by atoms with Gasteiger partial charge in [0.05, 0.1) is 52.4 Å². The fourth-order valence-electron chi connectivity index (χ4n) is 5.77. The van der Waals surface area contributed by atoms with Crippen LogP contribution in [-0.2, 0) is 47.9 Å². The Balaban J connectivity index is 2.78. The summed E-state index contributed by atoms with van der Waals surface area (Å²) in [7, 11) is 6.97. The number of carboxylic acid groups (broad SMARTS) is 3. The topological polar surface area (TPSA) is 273 Å². The molecule has 0 aromatic rings. The number of aliphatic carboxylic acids is 3. The number of nitrogens with zero attached hydrogens (tertiary/aromatic N) is 9. The van der Waals surface area contributed by atoms with Crippen LogP contribution in [0.1, 0.15) is 19.8 Å². The van der Waals surface area contributed by atoms with Gasteiger partial charge in [-0.15, -0.1) is 0 Å². The maximum Gasteiger partial charge on any atom is 0.317 e. The van der Waals surface area contributed by atoms with Crippen LogP contribution in [-0.4, -0.2) is 272 Å². The van der Waals surface area contributed by atoms with E-state index in [9.17, 15) is 63.3 Å². The molecule has 1 fully saturated rings. The van der Waals surface area contributed by atoms with Crippen LogP contribution in [0.15, 0.2) is 0 Å². The van der Waals surface area contributed by atoms with E-state index in [4.69, 9.17) is 0 Å². The van der Waals surface area contributed by atoms with Crippen molar-refractivity contribution in [2.75, 3.05) is 146 Å². The largest absolute Gasteiger partial charge is 0.480 e. The number of carboxylic acids is 3. The van der Waals surface area contributed by atoms with E-state index in [1.54, 1.807) is 26.5 Å². The number of Topliss-reactive ketones (excluding diaryl/α,β-unsaturated/α-hetero) is 1. The fraction of sp³-hybridized carbons (Fsp3) is 0.722. The van der Waals surface area contributed by atoms with E-state index >= 15 is 0 Å². The predicted octanol–water partition coefficient (Wildman–Crippen LogP) is -4.76. The van der Waals surface area contributed by atoms with E-state index in [-0.39, 0.29) is 123 Å². The van der Waals surface area contributed by atoms with Crippen LogP contribution in [0.3, 0.4) is 0 Å². The van der Waals surface area contributed by atoms with Gasteiger partial charge in [0.1, 0.15) is 6.17 Å². The zero-order chi connectivity index (χ0) is 44.8. The molecule has 1 aliphatic rings. The highest BCUT2D eigenvalue weighted by atomic mass is 16.4. The van der Waals surface area contributed by atoms with Crippen molar-refractivity contribution in [3.8, 4) is 0 Å². The van der Waals surface area contributed by atoms with Crippen molar-refractivity contribution >= 4 is 59.5 Å². The molecule has 1 unspecified atom stereocenters. The lowest BCUT2D eigenvalue weighted by atomic mass is 10.3. The molecule has 0 spiro atoms. The minimum atomic E-state index is -1.09. The van der Waals surface area contributed by atoms with Gasteiger partial charge in [0.25, 0.3) is 0 Å². The average Bonchev–Trinajstić information content (AvgIpc) is 3.15. The van der Waals surface area contributed by atoms with Crippen LogP contribution in [0.2, 0.25) is 0 Å². The van der Waals surface area contributed by atoms with Gasteiger partial charge in [-0.05, 0) is 0 Å². The number of aldehydes is 1. The molecule has 0 aliphatic carbocycles. The SMILES string of the molecule is CCC(=O)CN(C)C(=O)CN(C)C(=O)CN(C)C(=O)CN(C)C(=O)CN(C)C(=O)CCNC(C=O)N1CCN(CC(=O)O)CCN(CC(=O)O)CCN(CC(=O)O)CC1. The van der Waals surface area contributed by atoms with Gasteiger partial charge in [-0.2, -0.15) is 0 Å². The number of amides is 5. The maximum absolute atomic E-state index is 13.0. The minimum absolute atomic E-state index is 0.000553. The third kappa shape index (κ3) is 20.9. The van der Waals surface area contributed by atoms with Crippen molar-refractivity contribution in [3.05, 3.63) is 0 Å². The number of hydrogen-bond acceptors (Lipinski definition) is 15. The number of likely N-dealkylation sites (N-methyl/N-ethyl adjacent to an activating group) is 5. The zero-order valence-electron chi connectivity index (χ0n) is 35.0. The van der Waals surface area contributed by atoms with Crippen LogP contribution in [0.5, 0.6) is 0 Å². The molecule has 1 aliphatic heterocycles. The van der Waals surface area contributed by atoms with Crippen molar-refractivity contribution in [3.63, 3.8) is 0 Å². The second-order valence-corrected chi connectivity index (χ2v) is 14.5. The van der Waals surface area contributed by atoms with Crippen molar-refractivity contribution < 1.29 is 63.3 Å². The first kappa shape index (κ1) is 51.9. The summed E-state index contributed by atoms with van der Waals surface area (Å²) in [6.45, 7) is 0.731. The lowest BCUT2D eigenvalue weighted by Gasteiger charge is -2.35. The molecule has 1 saturated heterocycles. The standard InChI is InChI=1S/C36H62N10O13/c1-7-27(48)18-38(2)30(50)20-40(4)32(52)22-42(6)33(53)21-41(5)31(51)19-39(3)29(49)8-9-37-28(26-47)46-16-14-44(24-35(56)57)12-10-43(23-34(54)55)11-13-45(15-17-46)25-36(58)59/h26,28,37H,7-25H2,1-6H3,(H,54,55)(H,56,57)(H,58,59). The van der Waals surface area contributed by atoms with Crippen LogP contribution >= 0.6 is 0 Å². The van der Waals surface area contributed by atoms with Crippen molar-refractivity contribution in [2.45, 2.75) is 25.9 Å². The first-order valence-corrected chi connectivity index (χ1v) is 19.1. The summed E-state index contributed by atoms with van der Waals surface area (Å²) in [5, 5.41) is 31.3. The van der Waals surface area contributed by atoms with Gasteiger partial charge in [0.15, 0.2) is 12.1 Å². The third-order valence-corrected chi connectivity index (χ3v) is 9.59. The average molecular weight is 843 g/mol. The summed E-state index contributed by atoms with van der Waals surface area (Å²) in [5.41, 5.74) is 0. The fourth-order valence-corrected chi connectivity index (χ4v) is 5.77. The Morgan fingerprint density at radius 2 is 0.831 bits per heavy atom. The second kappa shape index (κ2) is 26.8. The smallest absolute Gasteiger partial charge is 0.317 e. The van der Waals surface area contributed by atoms with Crippen LogP contribution < -0.4 is 5.32 Å². The van der Waals surface area contributed by atoms with Gasteiger partial charge in [-0.3, -0.25) is 68.1 Å². The van der Waals surface area contributed by atoms with Gasteiger partial charge >= 0.3 is 17.9 Å². The molecular weight excluding hydrogens is 780 g/mol. The van der Waals surface area contributed by atoms with Crippen molar-refractivity contribution in [1.82, 2.24) is 49.4 Å². The van der Waals surface area contributed by atoms with Gasteiger partial charge < -0.3 is 44.6 Å². The summed E-state index contributed by atoms with van der Waals surface area (Å²) >= 11 is 0. The molecule has 0 radical (unpaired) electrons. The Morgan fingerprint density at radius 3 is 1.14 bits per heavy atom. The minimum Gasteiger partial charge on any atom is -0.480 e. The Morgan fingerprint density at radius 1 is 0.525 bits per heavy atom. The maximum atomic E-state index is 13.0. The molecule has 0 aromatic heterocycles. The predicted molar refractivity (Wildman–Crippen MR) is 210 cm³/mol. The summed E-state index contributed by atoms with van der Waals surface area (Å²) in [4.78, 5) is 135. The molecular formula is C36H62N10O13. The molecule has 0 saturated carbocycles. The molecule has 0 aromatic carbocycles. The van der Waals surface area contributed by atoms with Crippen molar-refractivity contribution in [1.29, 1.82) is 0 Å². The van der Waals surface area contributed by atoms with Crippen LogP contribution in [0.4, 0.5) is 0 Å². The van der Waals surface area contributed by atoms with Crippen molar-refractivity contribution in [2.24, 2.45) is 0 Å². The van der Waals surface area contributed by atoms with E-state index in [1.165, 1.54) is 40.1 Å². The summed E-state index contributed by atoms with van der Waals surface area (Å²) in [6.07, 6.45) is -0.193. The van der Waals surface area contributed by atoms with Crippen LogP contribution in [0.25, 0.3) is 0 Å². The Bertz CT molecular complexity index is 1450. The lowest BCUT2D eigenvalue weighted by Crippen LogP contribution is -2.54. The molecule has 1 atom stereocenters. The van der Waals surface area contributed by atoms with E-state index < -0.39 is 60.2 Å². The lowest BCUT2D eigenvalue weighted by molar-refractivity contribution is -0.145. The van der Waals surface area contributed by atoms with Gasteiger partial charge in [-0.1, -0.05) is 6.92 Å². The van der Waals surface area contributed by atoms with Gasteiger partial charge in [-0.25, -0.2) is 0 Å². The highest BCUT2D eigenvalue weighted by Crippen LogP contribution is 2.05. The molecule has 334 valence electrons. The highest BCUT2D eigenvalue weighted by Gasteiger charge is 2.26.